The Labute approximate surface area is 341 Å². The third kappa shape index (κ3) is 977. The van der Waals surface area contributed by atoms with Crippen molar-refractivity contribution >= 4 is 54.6 Å². The van der Waals surface area contributed by atoms with Crippen LogP contribution in [-0.4, -0.2) is 54.6 Å². The zero-order valence-corrected chi connectivity index (χ0v) is 39.7. The second kappa shape index (κ2) is 77.9. The Balaban J connectivity index is -0.0000000134. The van der Waals surface area contributed by atoms with Gasteiger partial charge in [0.05, 0.1) is 0 Å². The summed E-state index contributed by atoms with van der Waals surface area (Å²) in [6, 6.07) is 0. The van der Waals surface area contributed by atoms with Gasteiger partial charge in [-0.25, -0.2) is 0 Å². The molecule has 0 saturated heterocycles. The summed E-state index contributed by atoms with van der Waals surface area (Å²) >= 11 is -28.6. The number of hydrogen-bond acceptors (Lipinski definition) is 21. The van der Waals surface area contributed by atoms with Gasteiger partial charge in [0.15, 0.2) is 0 Å². The molecule has 0 fully saturated rings. The third-order valence-electron chi connectivity index (χ3n) is 0. The average molecular weight is 1280 g/mol. The summed E-state index contributed by atoms with van der Waals surface area (Å²) in [6.45, 7) is 0. The van der Waals surface area contributed by atoms with Crippen molar-refractivity contribution in [3.05, 3.63) is 0 Å². The first-order chi connectivity index (χ1) is 12.1. The molecule has 0 aliphatic heterocycles. The fourth-order valence-electron chi connectivity index (χ4n) is 0. The van der Waals surface area contributed by atoms with E-state index in [0.717, 1.165) is 0 Å². The first kappa shape index (κ1) is 83.9. The van der Waals surface area contributed by atoms with Gasteiger partial charge in [0.25, 0.3) is 0 Å². The van der Waals surface area contributed by atoms with Crippen LogP contribution in [0.15, 0.2) is 0 Å². The van der Waals surface area contributed by atoms with Crippen LogP contribution in [0.4, 0.5) is 0 Å². The molecule has 0 bridgehead atoms. The molecule has 0 atom stereocenters. The molecule has 0 N–H and O–H groups in total. The molecule has 0 amide bonds. The predicted octanol–water partition coefficient (Wildman–Crippen LogP) is -24.3. The smallest absolute Gasteiger partial charge is 2.00 e. The monoisotopic (exact) mass is 1280 g/mol. The second-order valence-electron chi connectivity index (χ2n) is 1.75. The maximum Gasteiger partial charge on any atom is 4.00 e. The molecule has 0 rings (SSSR count). The van der Waals surface area contributed by atoms with Crippen molar-refractivity contribution in [3.63, 3.8) is 0 Å². The predicted molar refractivity (Wildman–Crippen MR) is 16.3 cm³/mol. The minimum atomic E-state index is -4.08. The number of hydrogen-bond donors (Lipinski definition) is 0. The molecule has 0 aliphatic carbocycles. The summed E-state index contributed by atoms with van der Waals surface area (Å²) < 4.78 is 180. The van der Waals surface area contributed by atoms with Gasteiger partial charge in [-0.3, -0.25) is 0 Å². The zero-order valence-electron chi connectivity index (χ0n) is 16.1. The van der Waals surface area contributed by atoms with Crippen molar-refractivity contribution in [2.45, 2.75) is 0 Å². The molecule has 0 saturated carbocycles. The Morgan fingerprint density at radius 1 is 0.265 bits per heavy atom. The molecular formula is Li2O21Pb2Ti7Zr2. The van der Waals surface area contributed by atoms with E-state index in [1.54, 1.807) is 0 Å². The Morgan fingerprint density at radius 2 is 0.265 bits per heavy atom. The largest absolute Gasteiger partial charge is 4.00 e. The van der Waals surface area contributed by atoms with Gasteiger partial charge in [0.2, 0.25) is 0 Å². The summed E-state index contributed by atoms with van der Waals surface area (Å²) in [5, 5.41) is 0. The van der Waals surface area contributed by atoms with Gasteiger partial charge in [-0.05, 0) is 0 Å². The van der Waals surface area contributed by atoms with Crippen LogP contribution in [-0.2, 0) is 206 Å². The maximum absolute atomic E-state index is 8.58. The van der Waals surface area contributed by atoms with E-state index in [9.17, 15) is 0 Å². The molecule has 21 nitrogen and oxygen atoms in total. The van der Waals surface area contributed by atoms with Crippen LogP contribution in [0, 0.1) is 0 Å². The first-order valence-corrected chi connectivity index (χ1v) is 17.7. The standard InChI is InChI=1S/2Li.21O.2Pb.7Ti.2Zr/q2*+1;;;;;;;;14*-1;2*+2;;;;;;;;2*+4. The Kier molecular flexibility index (Phi) is 192. The van der Waals surface area contributed by atoms with E-state index >= 15 is 0 Å². The van der Waals surface area contributed by atoms with Crippen molar-refractivity contribution in [2.75, 3.05) is 0 Å². The Bertz CT molecular complexity index is 334. The summed E-state index contributed by atoms with van der Waals surface area (Å²) in [6.07, 6.45) is 0. The van der Waals surface area contributed by atoms with Crippen LogP contribution in [0.3, 0.4) is 0 Å². The maximum atomic E-state index is 8.58. The van der Waals surface area contributed by atoms with Crippen LogP contribution in [0.25, 0.3) is 0 Å². The molecule has 4 radical (unpaired) electrons. The summed E-state index contributed by atoms with van der Waals surface area (Å²) in [5.74, 6) is 0. The van der Waals surface area contributed by atoms with Crippen LogP contribution >= 0.6 is 0 Å². The van der Waals surface area contributed by atoms with E-state index in [0.29, 0.717) is 0 Å². The number of rotatable bonds is 0. The topological polar surface area (TPSA) is 442 Å². The van der Waals surface area contributed by atoms with Crippen molar-refractivity contribution in [3.8, 4) is 0 Å². The fraction of sp³-hybridized carbons (Fsp3) is 0. The minimum Gasteiger partial charge on any atom is 2.00 e. The van der Waals surface area contributed by atoms with E-state index in [2.05, 4.69) is 0 Å². The van der Waals surface area contributed by atoms with Crippen LogP contribution in [0.1, 0.15) is 0 Å². The SMILES string of the molecule is [Li+].[Li+].[O]=[Ti]([O-])[O-].[O]=[Ti]([O-])[O-].[O]=[Ti]([O-])[O-].[O]=[Ti]([O-])[O-].[O]=[Ti]([O-])[O-].[O]=[Ti]([O-])[O-].[O]=[Ti]([O-])[O-].[Pb+2].[Pb+2].[Zr+4].[Zr+4]. The molecule has 0 aliphatic rings. The van der Waals surface area contributed by atoms with Crippen molar-refractivity contribution in [1.29, 1.82) is 0 Å². The van der Waals surface area contributed by atoms with E-state index in [-0.39, 0.29) is 145 Å². The van der Waals surface area contributed by atoms with Gasteiger partial charge in [0, 0.05) is 0 Å². The van der Waals surface area contributed by atoms with Gasteiger partial charge in [-0.1, -0.05) is 0 Å². The van der Waals surface area contributed by atoms with E-state index in [1.807, 2.05) is 0 Å². The van der Waals surface area contributed by atoms with Gasteiger partial charge < -0.3 is 0 Å². The van der Waals surface area contributed by atoms with Crippen molar-refractivity contribution in [2.24, 2.45) is 0 Å². The summed E-state index contributed by atoms with van der Waals surface area (Å²) in [7, 11) is 0. The Morgan fingerprint density at radius 3 is 0.265 bits per heavy atom. The fourth-order valence-corrected chi connectivity index (χ4v) is 0. The molecule has 34 heavy (non-hydrogen) atoms. The molecule has 34 heteroatoms. The van der Waals surface area contributed by atoms with E-state index < -0.39 is 130 Å². The van der Waals surface area contributed by atoms with Crippen LogP contribution in [0.2, 0.25) is 0 Å². The van der Waals surface area contributed by atoms with E-state index in [4.69, 9.17) is 74.9 Å². The first-order valence-electron chi connectivity index (χ1n) is 4.29. The molecule has 172 valence electrons. The second-order valence-corrected chi connectivity index (χ2v) is 7.22. The molecule has 0 aromatic rings. The third-order valence-corrected chi connectivity index (χ3v) is 0. The van der Waals surface area contributed by atoms with Crippen LogP contribution in [0.5, 0.6) is 0 Å². The molecule has 0 spiro atoms. The van der Waals surface area contributed by atoms with Gasteiger partial charge in [0.1, 0.15) is 0 Å². The minimum absolute atomic E-state index is 0. The molecule has 0 heterocycles. The normalized spacial score (nSPS) is 5.35. The zero-order chi connectivity index (χ0) is 25.0. The molecule has 0 unspecified atom stereocenters. The Hall–Kier alpha value is 7.85. The average Bonchev–Trinajstić information content (AvgIpc) is 2.20. The van der Waals surface area contributed by atoms with Gasteiger partial charge >= 0.3 is 350 Å². The molecular weight excluding hydrogens is 1280 g/mol. The van der Waals surface area contributed by atoms with Crippen molar-refractivity contribution < 1.29 is 295 Å². The van der Waals surface area contributed by atoms with Gasteiger partial charge in [-0.15, -0.1) is 0 Å². The summed E-state index contributed by atoms with van der Waals surface area (Å²) in [5.41, 5.74) is 0. The van der Waals surface area contributed by atoms with Crippen LogP contribution < -0.4 is 89.4 Å². The molecule has 0 aromatic carbocycles. The van der Waals surface area contributed by atoms with E-state index in [1.165, 1.54) is 0 Å². The quantitative estimate of drug-likeness (QED) is 0.203. The van der Waals surface area contributed by atoms with Crippen molar-refractivity contribution in [1.82, 2.24) is 0 Å². The summed E-state index contributed by atoms with van der Waals surface area (Å²) in [4.78, 5) is 0. The molecule has 0 aromatic heterocycles. The van der Waals surface area contributed by atoms with Gasteiger partial charge in [-0.2, -0.15) is 0 Å².